The van der Waals surface area contributed by atoms with Gasteiger partial charge in [0.25, 0.3) is 0 Å². The average molecular weight is 586 g/mol. The standard InChI is InChI=1S/C30H43N5O5S/c1-4-19(2)26-30(39)34-15-9-7-14-25(34)29(38)31-22(12-8-10-16-41)27(36)32-23(28(37)33-26)17-20-18-35(40-3)24-13-6-5-11-21(20)24/h5-6,11,13,18-19,22-23,25-26,41H,4,7-10,12,14-17H2,1-3H3,(H,31,38)(H,32,36)(H,33,37)/t19-,22-,23-,25+,26-/m0/s1. The molecular weight excluding hydrogens is 542 g/mol. The van der Waals surface area contributed by atoms with Crippen LogP contribution in [0.5, 0.6) is 0 Å². The molecule has 1 aromatic heterocycles. The summed E-state index contributed by atoms with van der Waals surface area (Å²) in [7, 11) is 1.56. The molecular formula is C30H43N5O5S. The van der Waals surface area contributed by atoms with Gasteiger partial charge in [0.05, 0.1) is 5.52 Å². The Morgan fingerprint density at radius 3 is 2.46 bits per heavy atom. The van der Waals surface area contributed by atoms with Crippen molar-refractivity contribution in [1.29, 1.82) is 0 Å². The van der Waals surface area contributed by atoms with E-state index in [0.29, 0.717) is 38.0 Å². The zero-order chi connectivity index (χ0) is 29.5. The van der Waals surface area contributed by atoms with Gasteiger partial charge in [0.2, 0.25) is 23.6 Å². The van der Waals surface area contributed by atoms with Gasteiger partial charge in [0, 0.05) is 24.5 Å². The largest absolute Gasteiger partial charge is 0.417 e. The molecule has 0 unspecified atom stereocenters. The number of amides is 4. The summed E-state index contributed by atoms with van der Waals surface area (Å²) in [6, 6.07) is 4.38. The lowest BCUT2D eigenvalue weighted by Crippen LogP contribution is -2.64. The Kier molecular flexibility index (Phi) is 10.6. The third-order valence-electron chi connectivity index (χ3n) is 8.41. The summed E-state index contributed by atoms with van der Waals surface area (Å²) in [5, 5.41) is 9.75. The molecule has 4 amide bonds. The molecule has 5 atom stereocenters. The highest BCUT2D eigenvalue weighted by Crippen LogP contribution is 2.24. The van der Waals surface area contributed by atoms with Crippen molar-refractivity contribution >= 4 is 47.2 Å². The van der Waals surface area contributed by atoms with E-state index in [2.05, 4.69) is 28.6 Å². The quantitative estimate of drug-likeness (QED) is 0.266. The van der Waals surface area contributed by atoms with Crippen LogP contribution >= 0.6 is 12.6 Å². The number of piperidine rings is 1. The van der Waals surface area contributed by atoms with Crippen molar-refractivity contribution in [3.8, 4) is 0 Å². The molecule has 2 saturated heterocycles. The third kappa shape index (κ3) is 6.99. The smallest absolute Gasteiger partial charge is 0.246 e. The predicted octanol–water partition coefficient (Wildman–Crippen LogP) is 2.24. The Morgan fingerprint density at radius 2 is 1.73 bits per heavy atom. The number of para-hydroxylation sites is 1. The van der Waals surface area contributed by atoms with Gasteiger partial charge < -0.3 is 25.7 Å². The summed E-state index contributed by atoms with van der Waals surface area (Å²) in [4.78, 5) is 62.2. The van der Waals surface area contributed by atoms with Crippen LogP contribution in [0.15, 0.2) is 30.5 Å². The lowest BCUT2D eigenvalue weighted by molar-refractivity contribution is -0.147. The molecule has 41 heavy (non-hydrogen) atoms. The van der Waals surface area contributed by atoms with Crippen LogP contribution in [0, 0.1) is 5.92 Å². The Labute approximate surface area is 247 Å². The molecule has 3 heterocycles. The van der Waals surface area contributed by atoms with E-state index in [1.807, 2.05) is 44.3 Å². The molecule has 2 aromatic rings. The molecule has 0 bridgehead atoms. The molecule has 2 fully saturated rings. The summed E-state index contributed by atoms with van der Waals surface area (Å²) in [5.41, 5.74) is 1.65. The number of hydrogen-bond acceptors (Lipinski definition) is 6. The van der Waals surface area contributed by atoms with E-state index in [4.69, 9.17) is 4.84 Å². The van der Waals surface area contributed by atoms with E-state index >= 15 is 0 Å². The number of carbonyl (C=O) groups is 4. The number of thiol groups is 1. The molecule has 1 aromatic carbocycles. The number of rotatable bonds is 9. The van der Waals surface area contributed by atoms with E-state index in [1.54, 1.807) is 16.7 Å². The summed E-state index contributed by atoms with van der Waals surface area (Å²) >= 11 is 4.28. The lowest BCUT2D eigenvalue weighted by atomic mass is 9.93. The zero-order valence-corrected chi connectivity index (χ0v) is 25.1. The molecule has 3 N–H and O–H groups in total. The van der Waals surface area contributed by atoms with Crippen LogP contribution in [0.2, 0.25) is 0 Å². The fraction of sp³-hybridized carbons (Fsp3) is 0.600. The van der Waals surface area contributed by atoms with Crippen molar-refractivity contribution in [1.82, 2.24) is 25.6 Å². The number of hydrogen-bond donors (Lipinski definition) is 4. The number of unbranched alkanes of at least 4 members (excludes halogenated alkanes) is 1. The molecule has 224 valence electrons. The predicted molar refractivity (Wildman–Crippen MR) is 160 cm³/mol. The normalized spacial score (nSPS) is 24.9. The van der Waals surface area contributed by atoms with Gasteiger partial charge in [-0.15, -0.1) is 0 Å². The van der Waals surface area contributed by atoms with Crippen molar-refractivity contribution < 1.29 is 24.0 Å². The maximum Gasteiger partial charge on any atom is 0.246 e. The second-order valence-electron chi connectivity index (χ2n) is 11.1. The molecule has 0 spiro atoms. The summed E-state index contributed by atoms with van der Waals surface area (Å²) < 4.78 is 1.63. The highest BCUT2D eigenvalue weighted by Gasteiger charge is 2.40. The molecule has 0 radical (unpaired) electrons. The van der Waals surface area contributed by atoms with Crippen molar-refractivity contribution in [3.63, 3.8) is 0 Å². The van der Waals surface area contributed by atoms with Gasteiger partial charge in [-0.25, -0.2) is 0 Å². The van der Waals surface area contributed by atoms with Crippen LogP contribution in [0.25, 0.3) is 10.9 Å². The molecule has 4 rings (SSSR count). The van der Waals surface area contributed by atoms with E-state index in [1.165, 1.54) is 0 Å². The van der Waals surface area contributed by atoms with Crippen LogP contribution in [-0.4, -0.2) is 76.8 Å². The fourth-order valence-electron chi connectivity index (χ4n) is 5.81. The highest BCUT2D eigenvalue weighted by atomic mass is 32.1. The Balaban J connectivity index is 1.72. The van der Waals surface area contributed by atoms with E-state index in [-0.39, 0.29) is 24.2 Å². The van der Waals surface area contributed by atoms with Crippen LogP contribution in [-0.2, 0) is 25.6 Å². The number of nitrogens with zero attached hydrogens (tertiary/aromatic N) is 2. The highest BCUT2D eigenvalue weighted by molar-refractivity contribution is 7.80. The van der Waals surface area contributed by atoms with Gasteiger partial charge in [-0.3, -0.25) is 19.2 Å². The SMILES string of the molecule is CC[C@H](C)[C@@H]1NC(=O)[C@H](Cc2cn(OC)c3ccccc23)NC(=O)[C@H](CCCCS)NC(=O)[C@H]2CCCCN2C1=O. The average Bonchev–Trinajstić information content (AvgIpc) is 3.35. The molecule has 2 aliphatic heterocycles. The minimum Gasteiger partial charge on any atom is -0.417 e. The molecule has 0 saturated carbocycles. The van der Waals surface area contributed by atoms with Gasteiger partial charge in [-0.2, -0.15) is 17.4 Å². The second-order valence-corrected chi connectivity index (χ2v) is 11.6. The number of carbonyl (C=O) groups excluding carboxylic acids is 4. The monoisotopic (exact) mass is 585 g/mol. The van der Waals surface area contributed by atoms with Crippen LogP contribution in [0.3, 0.4) is 0 Å². The molecule has 2 aliphatic rings. The van der Waals surface area contributed by atoms with Gasteiger partial charge in [0.1, 0.15) is 31.3 Å². The minimum absolute atomic E-state index is 0.166. The first-order chi connectivity index (χ1) is 19.8. The van der Waals surface area contributed by atoms with Crippen molar-refractivity contribution in [3.05, 3.63) is 36.0 Å². The summed E-state index contributed by atoms with van der Waals surface area (Å²) in [5.74, 6) is -0.915. The Morgan fingerprint density at radius 1 is 1.00 bits per heavy atom. The number of aromatic nitrogens is 1. The van der Waals surface area contributed by atoms with Crippen molar-refractivity contribution in [2.24, 2.45) is 5.92 Å². The van der Waals surface area contributed by atoms with E-state index in [0.717, 1.165) is 35.7 Å². The maximum atomic E-state index is 13.9. The van der Waals surface area contributed by atoms with Crippen LogP contribution in [0.4, 0.5) is 0 Å². The third-order valence-corrected chi connectivity index (χ3v) is 8.73. The first kappa shape index (κ1) is 30.7. The topological polar surface area (TPSA) is 122 Å². The minimum atomic E-state index is -0.973. The van der Waals surface area contributed by atoms with E-state index in [9.17, 15) is 19.2 Å². The molecule has 11 heteroatoms. The first-order valence-corrected chi connectivity index (χ1v) is 15.4. The summed E-state index contributed by atoms with van der Waals surface area (Å²) in [6.45, 7) is 4.33. The Hall–Kier alpha value is -3.21. The fourth-order valence-corrected chi connectivity index (χ4v) is 6.04. The zero-order valence-electron chi connectivity index (χ0n) is 24.2. The van der Waals surface area contributed by atoms with Crippen LogP contribution < -0.4 is 20.8 Å². The Bertz CT molecular complexity index is 1250. The first-order valence-electron chi connectivity index (χ1n) is 14.7. The van der Waals surface area contributed by atoms with E-state index < -0.39 is 36.0 Å². The lowest BCUT2D eigenvalue weighted by Gasteiger charge is -2.39. The second kappa shape index (κ2) is 14.1. The number of nitrogens with one attached hydrogen (secondary N) is 3. The van der Waals surface area contributed by atoms with Crippen LogP contribution in [0.1, 0.15) is 64.4 Å². The van der Waals surface area contributed by atoms with Gasteiger partial charge in [-0.1, -0.05) is 44.9 Å². The number of benzene rings is 1. The van der Waals surface area contributed by atoms with Crippen molar-refractivity contribution in [2.75, 3.05) is 19.4 Å². The maximum absolute atomic E-state index is 13.9. The summed E-state index contributed by atoms with van der Waals surface area (Å²) in [6.07, 6.45) is 6.65. The van der Waals surface area contributed by atoms with Gasteiger partial charge in [-0.05, 0) is 55.4 Å². The molecule has 10 nitrogen and oxygen atoms in total. The van der Waals surface area contributed by atoms with Gasteiger partial charge >= 0.3 is 0 Å². The van der Waals surface area contributed by atoms with Crippen molar-refractivity contribution in [2.45, 2.75) is 89.4 Å². The van der Waals surface area contributed by atoms with Gasteiger partial charge in [0.15, 0.2) is 0 Å². The molecule has 0 aliphatic carbocycles. The number of fused-ring (bicyclic) bond motifs is 2.